The molecule has 23 heavy (non-hydrogen) atoms. The lowest BCUT2D eigenvalue weighted by Gasteiger charge is -2.24. The predicted molar refractivity (Wildman–Crippen MR) is 91.8 cm³/mol. The molecule has 2 aliphatic carbocycles. The number of nitrogens with zero attached hydrogens (tertiary/aromatic N) is 1. The van der Waals surface area contributed by atoms with Gasteiger partial charge in [0.25, 0.3) is 5.56 Å². The minimum absolute atomic E-state index is 0.0305. The molecule has 1 aromatic rings. The molecule has 0 aliphatic heterocycles. The number of carbonyl (C=O) groups excluding carboxylic acids is 1. The van der Waals surface area contributed by atoms with Crippen molar-refractivity contribution in [3.8, 4) is 0 Å². The zero-order chi connectivity index (χ0) is 16.2. The van der Waals surface area contributed by atoms with E-state index in [9.17, 15) is 9.59 Å². The van der Waals surface area contributed by atoms with Crippen LogP contribution in [0.2, 0.25) is 0 Å². The third-order valence-electron chi connectivity index (χ3n) is 4.78. The topological polar surface area (TPSA) is 74.8 Å². The van der Waals surface area contributed by atoms with Crippen LogP contribution in [0.25, 0.3) is 0 Å². The van der Waals surface area contributed by atoms with Gasteiger partial charge in [0.15, 0.2) is 5.16 Å². The van der Waals surface area contributed by atoms with E-state index < -0.39 is 0 Å². The molecule has 0 saturated heterocycles. The van der Waals surface area contributed by atoms with Gasteiger partial charge < -0.3 is 10.3 Å². The van der Waals surface area contributed by atoms with Crippen molar-refractivity contribution in [3.63, 3.8) is 0 Å². The molecule has 0 unspecified atom stereocenters. The Hall–Kier alpha value is -1.30. The number of carbonyl (C=O) groups is 1. The number of amides is 1. The summed E-state index contributed by atoms with van der Waals surface area (Å²) in [6.07, 6.45) is 9.68. The molecular weight excluding hydrogens is 310 g/mol. The second-order valence-electron chi connectivity index (χ2n) is 6.61. The molecule has 5 nitrogen and oxygen atoms in total. The summed E-state index contributed by atoms with van der Waals surface area (Å²) in [5, 5.41) is 3.46. The van der Waals surface area contributed by atoms with Crippen LogP contribution in [0.3, 0.4) is 0 Å². The standard InChI is InChI=1S/C17H25N3O2S/c1-11(15(21)18-12-7-3-2-4-8-12)23-17-19-14-10-6-5-9-13(14)16(22)20-17/h11-12H,2-10H2,1H3,(H,18,21)(H,19,20,22)/t11-/m1/s1. The van der Waals surface area contributed by atoms with E-state index in [4.69, 9.17) is 0 Å². The fourth-order valence-electron chi connectivity index (χ4n) is 3.42. The Morgan fingerprint density at radius 3 is 2.74 bits per heavy atom. The molecule has 1 saturated carbocycles. The molecule has 0 aromatic carbocycles. The monoisotopic (exact) mass is 335 g/mol. The Bertz CT molecular complexity index is 623. The van der Waals surface area contributed by atoms with Crippen molar-refractivity contribution >= 4 is 17.7 Å². The number of fused-ring (bicyclic) bond motifs is 1. The molecule has 1 atom stereocenters. The second-order valence-corrected chi connectivity index (χ2v) is 7.94. The Balaban J connectivity index is 1.62. The Morgan fingerprint density at radius 2 is 1.96 bits per heavy atom. The molecule has 1 fully saturated rings. The number of hydrogen-bond acceptors (Lipinski definition) is 4. The molecule has 6 heteroatoms. The molecular formula is C17H25N3O2S. The van der Waals surface area contributed by atoms with Crippen LogP contribution < -0.4 is 10.9 Å². The Labute approximate surface area is 141 Å². The first kappa shape index (κ1) is 16.6. The van der Waals surface area contributed by atoms with Crippen molar-refractivity contribution in [2.24, 2.45) is 0 Å². The first-order chi connectivity index (χ1) is 11.1. The number of H-pyrrole nitrogens is 1. The van der Waals surface area contributed by atoms with E-state index in [0.29, 0.717) is 11.2 Å². The first-order valence-corrected chi connectivity index (χ1v) is 9.60. The van der Waals surface area contributed by atoms with Crippen molar-refractivity contribution < 1.29 is 4.79 Å². The van der Waals surface area contributed by atoms with Gasteiger partial charge in [-0.1, -0.05) is 31.0 Å². The number of aromatic amines is 1. The van der Waals surface area contributed by atoms with Crippen molar-refractivity contribution in [1.29, 1.82) is 0 Å². The van der Waals surface area contributed by atoms with Crippen LogP contribution >= 0.6 is 11.8 Å². The minimum Gasteiger partial charge on any atom is -0.352 e. The number of nitrogens with one attached hydrogen (secondary N) is 2. The fraction of sp³-hybridized carbons (Fsp3) is 0.706. The maximum atomic E-state index is 12.3. The van der Waals surface area contributed by atoms with E-state index in [1.54, 1.807) is 0 Å². The highest BCUT2D eigenvalue weighted by atomic mass is 32.2. The summed E-state index contributed by atoms with van der Waals surface area (Å²) in [5.41, 5.74) is 1.72. The number of thioether (sulfide) groups is 1. The largest absolute Gasteiger partial charge is 0.352 e. The molecule has 2 N–H and O–H groups in total. The maximum absolute atomic E-state index is 12.3. The van der Waals surface area contributed by atoms with E-state index in [2.05, 4.69) is 15.3 Å². The van der Waals surface area contributed by atoms with Crippen molar-refractivity contribution in [3.05, 3.63) is 21.6 Å². The first-order valence-electron chi connectivity index (χ1n) is 8.72. The van der Waals surface area contributed by atoms with Gasteiger partial charge in [-0.15, -0.1) is 0 Å². The second kappa shape index (κ2) is 7.51. The van der Waals surface area contributed by atoms with E-state index in [-0.39, 0.29) is 16.7 Å². The molecule has 0 spiro atoms. The summed E-state index contributed by atoms with van der Waals surface area (Å²) in [6, 6.07) is 0.315. The molecule has 126 valence electrons. The number of rotatable bonds is 4. The van der Waals surface area contributed by atoms with Gasteiger partial charge in [-0.2, -0.15) is 0 Å². The highest BCUT2D eigenvalue weighted by Crippen LogP contribution is 2.23. The van der Waals surface area contributed by atoms with Gasteiger partial charge in [-0.25, -0.2) is 4.98 Å². The lowest BCUT2D eigenvalue weighted by Crippen LogP contribution is -2.40. The van der Waals surface area contributed by atoms with Gasteiger partial charge in [0.2, 0.25) is 5.91 Å². The highest BCUT2D eigenvalue weighted by Gasteiger charge is 2.22. The lowest BCUT2D eigenvalue weighted by molar-refractivity contribution is -0.121. The van der Waals surface area contributed by atoms with E-state index in [1.807, 2.05) is 6.92 Å². The van der Waals surface area contributed by atoms with Crippen LogP contribution in [0.1, 0.15) is 63.1 Å². The van der Waals surface area contributed by atoms with Gasteiger partial charge >= 0.3 is 0 Å². The Morgan fingerprint density at radius 1 is 1.22 bits per heavy atom. The van der Waals surface area contributed by atoms with Gasteiger partial charge in [-0.05, 0) is 45.4 Å². The number of aromatic nitrogens is 2. The van der Waals surface area contributed by atoms with Crippen molar-refractivity contribution in [1.82, 2.24) is 15.3 Å². The third-order valence-corrected chi connectivity index (χ3v) is 5.76. The molecule has 1 heterocycles. The van der Waals surface area contributed by atoms with Crippen molar-refractivity contribution in [2.75, 3.05) is 0 Å². The molecule has 1 aromatic heterocycles. The van der Waals surface area contributed by atoms with E-state index >= 15 is 0 Å². The lowest BCUT2D eigenvalue weighted by atomic mass is 9.95. The predicted octanol–water partition coefficient (Wildman–Crippen LogP) is 2.58. The van der Waals surface area contributed by atoms with E-state index in [1.165, 1.54) is 31.0 Å². The fourth-order valence-corrected chi connectivity index (χ4v) is 4.25. The normalized spacial score (nSPS) is 19.9. The summed E-state index contributed by atoms with van der Waals surface area (Å²) < 4.78 is 0. The van der Waals surface area contributed by atoms with E-state index in [0.717, 1.165) is 49.8 Å². The van der Waals surface area contributed by atoms with Gasteiger partial charge in [0.05, 0.1) is 10.9 Å². The van der Waals surface area contributed by atoms with Crippen LogP contribution in [-0.4, -0.2) is 27.2 Å². The summed E-state index contributed by atoms with van der Waals surface area (Å²) in [7, 11) is 0. The average molecular weight is 335 g/mol. The van der Waals surface area contributed by atoms with Gasteiger partial charge in [-0.3, -0.25) is 9.59 Å². The summed E-state index contributed by atoms with van der Waals surface area (Å²) in [5.74, 6) is 0.0438. The van der Waals surface area contributed by atoms with Crippen LogP contribution in [0.5, 0.6) is 0 Å². The maximum Gasteiger partial charge on any atom is 0.254 e. The highest BCUT2D eigenvalue weighted by molar-refractivity contribution is 8.00. The Kier molecular flexibility index (Phi) is 5.41. The van der Waals surface area contributed by atoms with Crippen LogP contribution in [0, 0.1) is 0 Å². The summed E-state index contributed by atoms with van der Waals surface area (Å²) >= 11 is 1.35. The molecule has 0 bridgehead atoms. The molecule has 3 rings (SSSR count). The third kappa shape index (κ3) is 4.16. The summed E-state index contributed by atoms with van der Waals surface area (Å²) in [4.78, 5) is 31.9. The van der Waals surface area contributed by atoms with Crippen LogP contribution in [0.15, 0.2) is 9.95 Å². The zero-order valence-electron chi connectivity index (χ0n) is 13.7. The van der Waals surface area contributed by atoms with Gasteiger partial charge in [0.1, 0.15) is 0 Å². The molecule has 2 aliphatic rings. The number of aryl methyl sites for hydroxylation is 1. The molecule has 0 radical (unpaired) electrons. The smallest absolute Gasteiger partial charge is 0.254 e. The van der Waals surface area contributed by atoms with Crippen LogP contribution in [0.4, 0.5) is 0 Å². The zero-order valence-corrected chi connectivity index (χ0v) is 14.5. The quantitative estimate of drug-likeness (QED) is 0.655. The molecule has 1 amide bonds. The van der Waals surface area contributed by atoms with Crippen LogP contribution in [-0.2, 0) is 17.6 Å². The number of hydrogen-bond donors (Lipinski definition) is 2. The minimum atomic E-state index is -0.248. The SMILES string of the molecule is C[C@@H](Sc1nc2c(c(=O)[nH]1)CCCC2)C(=O)NC1CCCCC1. The van der Waals surface area contributed by atoms with Gasteiger partial charge in [0, 0.05) is 11.6 Å². The summed E-state index contributed by atoms with van der Waals surface area (Å²) in [6.45, 7) is 1.88. The van der Waals surface area contributed by atoms with Crippen molar-refractivity contribution in [2.45, 2.75) is 81.2 Å². The average Bonchev–Trinajstić information content (AvgIpc) is 2.56.